The van der Waals surface area contributed by atoms with Crippen molar-refractivity contribution >= 4 is 21.6 Å². The number of hydrogen-bond donors (Lipinski definition) is 1. The maximum absolute atomic E-state index is 14.3. The molecule has 0 bridgehead atoms. The van der Waals surface area contributed by atoms with Gasteiger partial charge in [0.05, 0.1) is 25.1 Å². The fourth-order valence-corrected chi connectivity index (χ4v) is 4.40. The van der Waals surface area contributed by atoms with Crippen LogP contribution in [0.2, 0.25) is 0 Å². The van der Waals surface area contributed by atoms with E-state index in [0.29, 0.717) is 12.2 Å². The molecule has 2 aromatic carbocycles. The fourth-order valence-electron chi connectivity index (χ4n) is 3.19. The number of methoxy groups -OCH3 is 1. The Labute approximate surface area is 171 Å². The highest BCUT2D eigenvalue weighted by Gasteiger charge is 2.33. The van der Waals surface area contributed by atoms with Gasteiger partial charge in [0.1, 0.15) is 17.6 Å². The van der Waals surface area contributed by atoms with Crippen molar-refractivity contribution < 1.29 is 22.3 Å². The van der Waals surface area contributed by atoms with E-state index in [4.69, 9.17) is 4.74 Å². The predicted molar refractivity (Wildman–Crippen MR) is 112 cm³/mol. The number of nitrogens with one attached hydrogen (secondary N) is 1. The van der Waals surface area contributed by atoms with Crippen LogP contribution in [0.25, 0.3) is 0 Å². The average Bonchev–Trinajstić information content (AvgIpc) is 2.70. The molecule has 0 saturated carbocycles. The molecule has 0 spiro atoms. The maximum Gasteiger partial charge on any atom is 0.244 e. The largest absolute Gasteiger partial charge is 0.497 e. The molecule has 158 valence electrons. The van der Waals surface area contributed by atoms with Gasteiger partial charge in [0.15, 0.2) is 0 Å². The Hall–Kier alpha value is -2.61. The highest BCUT2D eigenvalue weighted by Crippen LogP contribution is 2.26. The zero-order valence-corrected chi connectivity index (χ0v) is 17.9. The molecule has 6 nitrogen and oxygen atoms in total. The number of hydrogen-bond acceptors (Lipinski definition) is 4. The van der Waals surface area contributed by atoms with Gasteiger partial charge in [-0.2, -0.15) is 0 Å². The number of ether oxygens (including phenoxy) is 1. The minimum atomic E-state index is -3.90. The first-order valence-corrected chi connectivity index (χ1v) is 11.3. The Morgan fingerprint density at radius 3 is 2.21 bits per heavy atom. The van der Waals surface area contributed by atoms with E-state index >= 15 is 0 Å². The molecule has 0 saturated heterocycles. The van der Waals surface area contributed by atoms with Crippen molar-refractivity contribution in [2.45, 2.75) is 38.8 Å². The molecule has 29 heavy (non-hydrogen) atoms. The van der Waals surface area contributed by atoms with E-state index in [1.165, 1.54) is 24.3 Å². The number of carbonyl (C=O) groups excluding carboxylic acids is 1. The monoisotopic (exact) mass is 422 g/mol. The Bertz CT molecular complexity index is 932. The fraction of sp³-hybridized carbons (Fsp3) is 0.381. The third-order valence-electron chi connectivity index (χ3n) is 4.66. The third-order valence-corrected chi connectivity index (χ3v) is 5.83. The summed E-state index contributed by atoms with van der Waals surface area (Å²) in [6.07, 6.45) is 1.76. The molecule has 0 aliphatic rings. The number of sulfonamides is 1. The molecular formula is C21H27FN2O4S. The molecule has 8 heteroatoms. The number of nitrogens with zero attached hydrogens (tertiary/aromatic N) is 1. The summed E-state index contributed by atoms with van der Waals surface area (Å²) in [5.74, 6) is -0.487. The smallest absolute Gasteiger partial charge is 0.244 e. The standard InChI is InChI=1S/C21H27FN2O4S/c1-5-18(15-11-13-16(28-3)14-12-15)23-21(25)19(6-2)24(29(4,26)27)20-10-8-7-9-17(20)22/h7-14,18-19H,5-6H2,1-4H3,(H,23,25). The van der Waals surface area contributed by atoms with Gasteiger partial charge in [-0.1, -0.05) is 38.1 Å². The summed E-state index contributed by atoms with van der Waals surface area (Å²) in [6, 6.07) is 11.4. The number of carbonyl (C=O) groups is 1. The quantitative estimate of drug-likeness (QED) is 0.669. The maximum atomic E-state index is 14.3. The average molecular weight is 423 g/mol. The van der Waals surface area contributed by atoms with Gasteiger partial charge in [-0.25, -0.2) is 12.8 Å². The first-order valence-electron chi connectivity index (χ1n) is 9.41. The van der Waals surface area contributed by atoms with E-state index in [2.05, 4.69) is 5.32 Å². The number of anilines is 1. The number of halogens is 1. The molecule has 0 aliphatic carbocycles. The minimum Gasteiger partial charge on any atom is -0.497 e. The molecule has 2 rings (SSSR count). The van der Waals surface area contributed by atoms with Crippen molar-refractivity contribution in [2.75, 3.05) is 17.7 Å². The summed E-state index contributed by atoms with van der Waals surface area (Å²) in [5.41, 5.74) is 0.725. The van der Waals surface area contributed by atoms with Crippen molar-refractivity contribution in [2.24, 2.45) is 0 Å². The van der Waals surface area contributed by atoms with Gasteiger partial charge < -0.3 is 10.1 Å². The van der Waals surface area contributed by atoms with Gasteiger partial charge in [0, 0.05) is 0 Å². The first-order chi connectivity index (χ1) is 13.7. The van der Waals surface area contributed by atoms with Crippen LogP contribution in [-0.2, 0) is 14.8 Å². The van der Waals surface area contributed by atoms with Crippen LogP contribution in [0.4, 0.5) is 10.1 Å². The molecule has 2 aromatic rings. The lowest BCUT2D eigenvalue weighted by molar-refractivity contribution is -0.123. The first kappa shape index (κ1) is 22.7. The van der Waals surface area contributed by atoms with E-state index in [0.717, 1.165) is 16.1 Å². The summed E-state index contributed by atoms with van der Waals surface area (Å²) in [7, 11) is -2.33. The van der Waals surface area contributed by atoms with Crippen molar-refractivity contribution in [1.29, 1.82) is 0 Å². The zero-order valence-electron chi connectivity index (χ0n) is 17.1. The third kappa shape index (κ3) is 5.47. The molecule has 0 heterocycles. The number of benzene rings is 2. The van der Waals surface area contributed by atoms with Crippen molar-refractivity contribution in [3.8, 4) is 5.75 Å². The molecule has 2 unspecified atom stereocenters. The molecule has 2 atom stereocenters. The van der Waals surface area contributed by atoms with Crippen LogP contribution in [0.1, 0.15) is 38.3 Å². The Morgan fingerprint density at radius 2 is 1.72 bits per heavy atom. The van der Waals surface area contributed by atoms with E-state index < -0.39 is 27.8 Å². The molecule has 0 fully saturated rings. The second-order valence-corrected chi connectivity index (χ2v) is 8.54. The summed E-state index contributed by atoms with van der Waals surface area (Å²) in [4.78, 5) is 13.0. The Morgan fingerprint density at radius 1 is 1.10 bits per heavy atom. The summed E-state index contributed by atoms with van der Waals surface area (Å²) in [5, 5.41) is 2.90. The van der Waals surface area contributed by atoms with Gasteiger partial charge >= 0.3 is 0 Å². The SMILES string of the molecule is CCC(NC(=O)C(CC)N(c1ccccc1F)S(C)(=O)=O)c1ccc(OC)cc1. The van der Waals surface area contributed by atoms with Crippen molar-refractivity contribution in [3.05, 3.63) is 59.9 Å². The minimum absolute atomic E-state index is 0.144. The molecule has 1 N–H and O–H groups in total. The summed E-state index contributed by atoms with van der Waals surface area (Å²) < 4.78 is 45.3. The van der Waals surface area contributed by atoms with Crippen molar-refractivity contribution in [3.63, 3.8) is 0 Å². The predicted octanol–water partition coefficient (Wildman–Crippen LogP) is 3.65. The lowest BCUT2D eigenvalue weighted by Crippen LogP contribution is -2.50. The number of rotatable bonds is 9. The van der Waals surface area contributed by atoms with Gasteiger partial charge in [-0.3, -0.25) is 9.10 Å². The van der Waals surface area contributed by atoms with Crippen LogP contribution in [0.3, 0.4) is 0 Å². The Kier molecular flexibility index (Phi) is 7.61. The van der Waals surface area contributed by atoms with Crippen LogP contribution in [0.15, 0.2) is 48.5 Å². The van der Waals surface area contributed by atoms with E-state index in [-0.39, 0.29) is 18.2 Å². The van der Waals surface area contributed by atoms with Crippen LogP contribution >= 0.6 is 0 Å². The van der Waals surface area contributed by atoms with Gasteiger partial charge in [0.2, 0.25) is 15.9 Å². The highest BCUT2D eigenvalue weighted by molar-refractivity contribution is 7.92. The molecular weight excluding hydrogens is 395 g/mol. The van der Waals surface area contributed by atoms with Crippen LogP contribution in [-0.4, -0.2) is 33.7 Å². The molecule has 0 aliphatic heterocycles. The van der Waals surface area contributed by atoms with Crippen LogP contribution in [0, 0.1) is 5.82 Å². The lowest BCUT2D eigenvalue weighted by atomic mass is 10.0. The second kappa shape index (κ2) is 9.73. The molecule has 0 radical (unpaired) electrons. The van der Waals surface area contributed by atoms with Crippen LogP contribution in [0.5, 0.6) is 5.75 Å². The number of para-hydroxylation sites is 1. The second-order valence-electron chi connectivity index (χ2n) is 6.68. The van der Waals surface area contributed by atoms with Gasteiger partial charge in [-0.15, -0.1) is 0 Å². The normalized spacial score (nSPS) is 13.4. The molecule has 0 aromatic heterocycles. The summed E-state index contributed by atoms with van der Waals surface area (Å²) >= 11 is 0. The lowest BCUT2D eigenvalue weighted by Gasteiger charge is -2.31. The van der Waals surface area contributed by atoms with E-state index in [1.807, 2.05) is 19.1 Å². The topological polar surface area (TPSA) is 75.7 Å². The van der Waals surface area contributed by atoms with Crippen molar-refractivity contribution in [1.82, 2.24) is 5.32 Å². The molecule has 1 amide bonds. The Balaban J connectivity index is 2.34. The van der Waals surface area contributed by atoms with Gasteiger partial charge in [-0.05, 0) is 42.7 Å². The van der Waals surface area contributed by atoms with E-state index in [1.54, 1.807) is 26.2 Å². The summed E-state index contributed by atoms with van der Waals surface area (Å²) in [6.45, 7) is 3.61. The zero-order chi connectivity index (χ0) is 21.6. The number of amides is 1. The highest BCUT2D eigenvalue weighted by atomic mass is 32.2. The van der Waals surface area contributed by atoms with Gasteiger partial charge in [0.25, 0.3) is 0 Å². The van der Waals surface area contributed by atoms with E-state index in [9.17, 15) is 17.6 Å². The van der Waals surface area contributed by atoms with Crippen LogP contribution < -0.4 is 14.4 Å².